The van der Waals surface area contributed by atoms with Crippen molar-refractivity contribution in [2.45, 2.75) is 97.2 Å². The zero-order valence-corrected chi connectivity index (χ0v) is 14.1. The molecule has 1 aliphatic rings. The van der Waals surface area contributed by atoms with Crippen LogP contribution < -0.4 is 5.73 Å². The van der Waals surface area contributed by atoms with Crippen molar-refractivity contribution in [3.8, 4) is 0 Å². The van der Waals surface area contributed by atoms with E-state index < -0.39 is 0 Å². The molecule has 2 nitrogen and oxygen atoms in total. The van der Waals surface area contributed by atoms with Crippen LogP contribution in [0.25, 0.3) is 0 Å². The second-order valence-electron chi connectivity index (χ2n) is 6.80. The lowest BCUT2D eigenvalue weighted by atomic mass is 9.78. The highest BCUT2D eigenvalue weighted by Crippen LogP contribution is 2.34. The molecule has 20 heavy (non-hydrogen) atoms. The van der Waals surface area contributed by atoms with Crippen molar-refractivity contribution < 1.29 is 4.74 Å². The van der Waals surface area contributed by atoms with E-state index in [2.05, 4.69) is 20.8 Å². The first-order valence-electron chi connectivity index (χ1n) is 9.06. The van der Waals surface area contributed by atoms with Gasteiger partial charge in [0.15, 0.2) is 0 Å². The van der Waals surface area contributed by atoms with Gasteiger partial charge < -0.3 is 10.5 Å². The summed E-state index contributed by atoms with van der Waals surface area (Å²) < 4.78 is 6.37. The molecule has 0 bridgehead atoms. The van der Waals surface area contributed by atoms with E-state index in [9.17, 15) is 0 Å². The van der Waals surface area contributed by atoms with Crippen LogP contribution >= 0.6 is 0 Å². The lowest BCUT2D eigenvalue weighted by Gasteiger charge is -2.37. The van der Waals surface area contributed by atoms with Gasteiger partial charge in [-0.2, -0.15) is 0 Å². The summed E-state index contributed by atoms with van der Waals surface area (Å²) in [5, 5.41) is 0. The van der Waals surface area contributed by atoms with Crippen molar-refractivity contribution in [3.63, 3.8) is 0 Å². The van der Waals surface area contributed by atoms with E-state index in [0.717, 1.165) is 12.5 Å². The molecule has 0 saturated heterocycles. The lowest BCUT2D eigenvalue weighted by molar-refractivity contribution is -0.0656. The largest absolute Gasteiger partial charge is 0.375 e. The van der Waals surface area contributed by atoms with Crippen LogP contribution in [0.4, 0.5) is 0 Å². The van der Waals surface area contributed by atoms with Crippen LogP contribution in [0.15, 0.2) is 0 Å². The highest BCUT2D eigenvalue weighted by atomic mass is 16.5. The maximum absolute atomic E-state index is 6.37. The highest BCUT2D eigenvalue weighted by Gasteiger charge is 2.30. The molecule has 0 spiro atoms. The van der Waals surface area contributed by atoms with E-state index in [1.165, 1.54) is 64.2 Å². The average Bonchev–Trinajstić information content (AvgIpc) is 2.44. The number of ether oxygens (including phenoxy) is 1. The Labute approximate surface area is 126 Å². The molecular weight excluding hydrogens is 246 g/mol. The molecule has 0 radical (unpaired) electrons. The molecule has 4 atom stereocenters. The fourth-order valence-electron chi connectivity index (χ4n) is 3.61. The quantitative estimate of drug-likeness (QED) is 0.578. The van der Waals surface area contributed by atoms with Gasteiger partial charge in [0.1, 0.15) is 0 Å². The van der Waals surface area contributed by atoms with Gasteiger partial charge in [-0.05, 0) is 51.0 Å². The Hall–Kier alpha value is -0.0800. The second kappa shape index (κ2) is 10.6. The third-order valence-corrected chi connectivity index (χ3v) is 4.91. The summed E-state index contributed by atoms with van der Waals surface area (Å²) in [5.74, 6) is 1.47. The SMILES string of the molecule is CCCCCCC(C)OC1CC(CCC)CCC1CN. The second-order valence-corrected chi connectivity index (χ2v) is 6.80. The van der Waals surface area contributed by atoms with Gasteiger partial charge in [-0.15, -0.1) is 0 Å². The monoisotopic (exact) mass is 283 g/mol. The molecule has 1 rings (SSSR count). The molecule has 0 heterocycles. The van der Waals surface area contributed by atoms with E-state index >= 15 is 0 Å². The number of hydrogen-bond acceptors (Lipinski definition) is 2. The molecule has 2 heteroatoms. The van der Waals surface area contributed by atoms with Crippen molar-refractivity contribution >= 4 is 0 Å². The highest BCUT2D eigenvalue weighted by molar-refractivity contribution is 4.82. The van der Waals surface area contributed by atoms with Crippen LogP contribution in [0.3, 0.4) is 0 Å². The van der Waals surface area contributed by atoms with Crippen molar-refractivity contribution in [1.29, 1.82) is 0 Å². The Morgan fingerprint density at radius 3 is 2.55 bits per heavy atom. The molecule has 4 unspecified atom stereocenters. The summed E-state index contributed by atoms with van der Waals surface area (Å²) >= 11 is 0. The number of nitrogens with two attached hydrogens (primary N) is 1. The van der Waals surface area contributed by atoms with Crippen LogP contribution in [0.2, 0.25) is 0 Å². The Morgan fingerprint density at radius 1 is 1.10 bits per heavy atom. The van der Waals surface area contributed by atoms with Crippen LogP contribution in [-0.4, -0.2) is 18.8 Å². The zero-order chi connectivity index (χ0) is 14.8. The van der Waals surface area contributed by atoms with E-state index in [1.807, 2.05) is 0 Å². The standard InChI is InChI=1S/C18H37NO/c1-4-6-7-8-10-15(3)20-18-13-16(9-5-2)11-12-17(18)14-19/h15-18H,4-14,19H2,1-3H3. The molecule has 0 aromatic heterocycles. The summed E-state index contributed by atoms with van der Waals surface area (Å²) in [5.41, 5.74) is 5.95. The van der Waals surface area contributed by atoms with Crippen LogP contribution in [0.1, 0.15) is 85.0 Å². The average molecular weight is 284 g/mol. The normalized spacial score (nSPS) is 28.5. The minimum atomic E-state index is 0.409. The third-order valence-electron chi connectivity index (χ3n) is 4.91. The summed E-state index contributed by atoms with van der Waals surface area (Å²) in [6.07, 6.45) is 13.9. The Kier molecular flexibility index (Phi) is 9.54. The molecule has 120 valence electrons. The van der Waals surface area contributed by atoms with E-state index in [-0.39, 0.29) is 0 Å². The fraction of sp³-hybridized carbons (Fsp3) is 1.00. The van der Waals surface area contributed by atoms with Crippen molar-refractivity contribution in [2.75, 3.05) is 6.54 Å². The van der Waals surface area contributed by atoms with Gasteiger partial charge >= 0.3 is 0 Å². The number of rotatable bonds is 10. The fourth-order valence-corrected chi connectivity index (χ4v) is 3.61. The molecule has 0 aliphatic heterocycles. The molecule has 0 amide bonds. The third kappa shape index (κ3) is 6.58. The first kappa shape index (κ1) is 18.0. The maximum atomic E-state index is 6.37. The summed E-state index contributed by atoms with van der Waals surface area (Å²) in [7, 11) is 0. The molecule has 0 aromatic rings. The summed E-state index contributed by atoms with van der Waals surface area (Å²) in [4.78, 5) is 0. The zero-order valence-electron chi connectivity index (χ0n) is 14.1. The Morgan fingerprint density at radius 2 is 1.90 bits per heavy atom. The maximum Gasteiger partial charge on any atom is 0.0621 e. The van der Waals surface area contributed by atoms with E-state index in [1.54, 1.807) is 0 Å². The first-order valence-corrected chi connectivity index (χ1v) is 9.06. The molecule has 1 fully saturated rings. The van der Waals surface area contributed by atoms with Crippen molar-refractivity contribution in [1.82, 2.24) is 0 Å². The van der Waals surface area contributed by atoms with Gasteiger partial charge in [-0.3, -0.25) is 0 Å². The Bertz CT molecular complexity index is 231. The number of hydrogen-bond donors (Lipinski definition) is 1. The van der Waals surface area contributed by atoms with E-state index in [0.29, 0.717) is 18.1 Å². The molecule has 1 aliphatic carbocycles. The summed E-state index contributed by atoms with van der Waals surface area (Å²) in [6.45, 7) is 7.61. The minimum Gasteiger partial charge on any atom is -0.375 e. The molecular formula is C18H37NO. The summed E-state index contributed by atoms with van der Waals surface area (Å²) in [6, 6.07) is 0. The predicted octanol–water partition coefficient (Wildman–Crippen LogP) is 4.91. The van der Waals surface area contributed by atoms with Gasteiger partial charge in [-0.1, -0.05) is 52.4 Å². The van der Waals surface area contributed by atoms with Crippen molar-refractivity contribution in [3.05, 3.63) is 0 Å². The van der Waals surface area contributed by atoms with Crippen LogP contribution in [0, 0.1) is 11.8 Å². The topological polar surface area (TPSA) is 35.2 Å². The van der Waals surface area contributed by atoms with Gasteiger partial charge in [0.25, 0.3) is 0 Å². The van der Waals surface area contributed by atoms with Gasteiger partial charge in [0, 0.05) is 0 Å². The number of unbranched alkanes of at least 4 members (excludes halogenated alkanes) is 3. The molecule has 1 saturated carbocycles. The van der Waals surface area contributed by atoms with Gasteiger partial charge in [0.05, 0.1) is 12.2 Å². The van der Waals surface area contributed by atoms with Gasteiger partial charge in [-0.25, -0.2) is 0 Å². The molecule has 0 aromatic carbocycles. The first-order chi connectivity index (χ1) is 9.71. The lowest BCUT2D eigenvalue weighted by Crippen LogP contribution is -2.38. The van der Waals surface area contributed by atoms with E-state index in [4.69, 9.17) is 10.5 Å². The predicted molar refractivity (Wildman–Crippen MR) is 87.9 cm³/mol. The minimum absolute atomic E-state index is 0.409. The van der Waals surface area contributed by atoms with Crippen molar-refractivity contribution in [2.24, 2.45) is 17.6 Å². The Balaban J connectivity index is 2.32. The van der Waals surface area contributed by atoms with Crippen LogP contribution in [0.5, 0.6) is 0 Å². The molecule has 2 N–H and O–H groups in total. The smallest absolute Gasteiger partial charge is 0.0621 e. The van der Waals surface area contributed by atoms with Gasteiger partial charge in [0.2, 0.25) is 0 Å². The van der Waals surface area contributed by atoms with Crippen LogP contribution in [-0.2, 0) is 4.74 Å².